The highest BCUT2D eigenvalue weighted by Gasteiger charge is 2.17. The molecule has 0 saturated heterocycles. The molecular weight excluding hydrogens is 456 g/mol. The maximum atomic E-state index is 12.3. The predicted molar refractivity (Wildman–Crippen MR) is 138 cm³/mol. The summed E-state index contributed by atoms with van der Waals surface area (Å²) in [5.74, 6) is 1.31. The Kier molecular flexibility index (Phi) is 5.60. The molecule has 3 aromatic carbocycles. The van der Waals surface area contributed by atoms with E-state index in [1.54, 1.807) is 30.2 Å². The molecule has 0 amide bonds. The van der Waals surface area contributed by atoms with Crippen LogP contribution in [0.4, 0.5) is 0 Å². The number of aromatic nitrogens is 4. The molecular formula is C28H20N4O2S. The lowest BCUT2D eigenvalue weighted by atomic mass is 10.0. The first-order valence-electron chi connectivity index (χ1n) is 11.2. The molecule has 6 rings (SSSR count). The molecule has 0 atom stereocenters. The van der Waals surface area contributed by atoms with E-state index in [9.17, 15) is 4.79 Å². The van der Waals surface area contributed by atoms with Gasteiger partial charge in [-0.05, 0) is 40.1 Å². The molecule has 0 radical (unpaired) electrons. The number of pyridine rings is 1. The molecule has 7 heteroatoms. The van der Waals surface area contributed by atoms with Crippen molar-refractivity contribution in [3.63, 3.8) is 0 Å². The van der Waals surface area contributed by atoms with Crippen LogP contribution in [0.2, 0.25) is 0 Å². The largest absolute Gasteiger partial charge is 0.423 e. The zero-order valence-electron chi connectivity index (χ0n) is 18.7. The molecule has 6 nitrogen and oxygen atoms in total. The van der Waals surface area contributed by atoms with Crippen LogP contribution in [-0.4, -0.2) is 19.7 Å². The molecule has 3 heterocycles. The van der Waals surface area contributed by atoms with Gasteiger partial charge in [-0.25, -0.2) is 4.79 Å². The van der Waals surface area contributed by atoms with Crippen molar-refractivity contribution in [2.24, 2.45) is 0 Å². The highest BCUT2D eigenvalue weighted by molar-refractivity contribution is 7.98. The zero-order chi connectivity index (χ0) is 23.6. The lowest BCUT2D eigenvalue weighted by Gasteiger charge is -2.11. The lowest BCUT2D eigenvalue weighted by Crippen LogP contribution is -2.05. The van der Waals surface area contributed by atoms with Crippen LogP contribution in [0.15, 0.2) is 112 Å². The van der Waals surface area contributed by atoms with Gasteiger partial charge in [-0.1, -0.05) is 72.4 Å². The average Bonchev–Trinajstić information content (AvgIpc) is 3.30. The van der Waals surface area contributed by atoms with Crippen molar-refractivity contribution in [2.75, 3.05) is 0 Å². The van der Waals surface area contributed by atoms with Crippen molar-refractivity contribution in [2.45, 2.75) is 17.5 Å². The summed E-state index contributed by atoms with van der Waals surface area (Å²) < 4.78 is 7.62. The van der Waals surface area contributed by atoms with E-state index in [1.165, 1.54) is 0 Å². The molecule has 0 aliphatic carbocycles. The average molecular weight is 477 g/mol. The van der Waals surface area contributed by atoms with Crippen LogP contribution in [0.5, 0.6) is 0 Å². The van der Waals surface area contributed by atoms with E-state index in [1.807, 2.05) is 54.6 Å². The van der Waals surface area contributed by atoms with Gasteiger partial charge in [-0.2, -0.15) is 0 Å². The second kappa shape index (κ2) is 9.19. The summed E-state index contributed by atoms with van der Waals surface area (Å²) in [7, 11) is 0. The first-order valence-corrected chi connectivity index (χ1v) is 12.2. The Morgan fingerprint density at radius 2 is 1.74 bits per heavy atom. The number of fused-ring (bicyclic) bond motifs is 3. The number of hydrogen-bond donors (Lipinski definition) is 0. The Bertz CT molecular complexity index is 1700. The van der Waals surface area contributed by atoms with E-state index in [-0.39, 0.29) is 5.63 Å². The highest BCUT2D eigenvalue weighted by Crippen LogP contribution is 2.32. The second-order valence-corrected chi connectivity index (χ2v) is 9.10. The molecule has 6 aromatic rings. The standard InChI is InChI=1S/C28H20N4O2S/c33-25-15-22(26-23-11-5-4-9-20(23)12-13-24(26)34-25)18-35-28-31-30-27(21-10-6-14-29-16-21)32(28)17-19-7-2-1-3-8-19/h1-16H,17-18H2. The van der Waals surface area contributed by atoms with E-state index in [4.69, 9.17) is 4.42 Å². The van der Waals surface area contributed by atoms with Crippen LogP contribution in [0.25, 0.3) is 33.1 Å². The molecule has 0 N–H and O–H groups in total. The van der Waals surface area contributed by atoms with Gasteiger partial charge < -0.3 is 4.42 Å². The van der Waals surface area contributed by atoms with Gasteiger partial charge in [0.05, 0.1) is 6.54 Å². The number of thioether (sulfide) groups is 1. The van der Waals surface area contributed by atoms with Crippen molar-refractivity contribution in [1.82, 2.24) is 19.7 Å². The minimum absolute atomic E-state index is 0.356. The van der Waals surface area contributed by atoms with Crippen LogP contribution in [0, 0.1) is 0 Å². The van der Waals surface area contributed by atoms with Crippen LogP contribution >= 0.6 is 11.8 Å². The Labute approximate surface area is 205 Å². The van der Waals surface area contributed by atoms with Crippen molar-refractivity contribution in [3.8, 4) is 11.4 Å². The van der Waals surface area contributed by atoms with E-state index in [0.29, 0.717) is 17.9 Å². The van der Waals surface area contributed by atoms with Crippen LogP contribution in [0.1, 0.15) is 11.1 Å². The molecule has 3 aromatic heterocycles. The van der Waals surface area contributed by atoms with Crippen molar-refractivity contribution >= 4 is 33.5 Å². The Balaban J connectivity index is 1.42. The van der Waals surface area contributed by atoms with Gasteiger partial charge in [0.25, 0.3) is 0 Å². The van der Waals surface area contributed by atoms with Gasteiger partial charge in [0.15, 0.2) is 11.0 Å². The minimum Gasteiger partial charge on any atom is -0.423 e. The van der Waals surface area contributed by atoms with E-state index in [0.717, 1.165) is 43.8 Å². The van der Waals surface area contributed by atoms with Gasteiger partial charge in [-0.15, -0.1) is 10.2 Å². The fourth-order valence-corrected chi connectivity index (χ4v) is 5.21. The van der Waals surface area contributed by atoms with Crippen molar-refractivity contribution in [3.05, 3.63) is 119 Å². The van der Waals surface area contributed by atoms with Crippen LogP contribution in [-0.2, 0) is 12.3 Å². The molecule has 35 heavy (non-hydrogen) atoms. The number of benzene rings is 3. The summed E-state index contributed by atoms with van der Waals surface area (Å²) in [5, 5.41) is 12.9. The molecule has 0 aliphatic rings. The molecule has 0 saturated carbocycles. The lowest BCUT2D eigenvalue weighted by molar-refractivity contribution is 0.560. The Hall–Kier alpha value is -4.23. The maximum absolute atomic E-state index is 12.3. The van der Waals surface area contributed by atoms with E-state index in [2.05, 4.69) is 44.0 Å². The van der Waals surface area contributed by atoms with Crippen LogP contribution < -0.4 is 5.63 Å². The molecule has 0 spiro atoms. The molecule has 0 aliphatic heterocycles. The summed E-state index contributed by atoms with van der Waals surface area (Å²) in [6, 6.07) is 27.7. The summed E-state index contributed by atoms with van der Waals surface area (Å²) in [4.78, 5) is 16.6. The zero-order valence-corrected chi connectivity index (χ0v) is 19.5. The predicted octanol–water partition coefficient (Wildman–Crippen LogP) is 5.94. The summed E-state index contributed by atoms with van der Waals surface area (Å²) in [5.41, 5.74) is 3.20. The third-order valence-electron chi connectivity index (χ3n) is 5.89. The van der Waals surface area contributed by atoms with Crippen LogP contribution in [0.3, 0.4) is 0 Å². The van der Waals surface area contributed by atoms with Gasteiger partial charge in [0, 0.05) is 35.2 Å². The third kappa shape index (κ3) is 4.22. The van der Waals surface area contributed by atoms with Gasteiger partial charge in [0.2, 0.25) is 0 Å². The second-order valence-electron chi connectivity index (χ2n) is 8.16. The quantitative estimate of drug-likeness (QED) is 0.168. The van der Waals surface area contributed by atoms with E-state index < -0.39 is 0 Å². The van der Waals surface area contributed by atoms with Gasteiger partial charge in [0.1, 0.15) is 5.58 Å². The van der Waals surface area contributed by atoms with E-state index >= 15 is 0 Å². The monoisotopic (exact) mass is 476 g/mol. The van der Waals surface area contributed by atoms with Crippen molar-refractivity contribution < 1.29 is 4.42 Å². The van der Waals surface area contributed by atoms with Crippen molar-refractivity contribution in [1.29, 1.82) is 0 Å². The fourth-order valence-electron chi connectivity index (χ4n) is 4.29. The Morgan fingerprint density at radius 3 is 2.60 bits per heavy atom. The summed E-state index contributed by atoms with van der Waals surface area (Å²) in [6.07, 6.45) is 3.54. The Morgan fingerprint density at radius 1 is 0.886 bits per heavy atom. The first kappa shape index (κ1) is 21.3. The summed E-state index contributed by atoms with van der Waals surface area (Å²) in [6.45, 7) is 0.626. The normalized spacial score (nSPS) is 11.3. The molecule has 170 valence electrons. The SMILES string of the molecule is O=c1cc(CSc2nnc(-c3cccnc3)n2Cc2ccccc2)c2c(ccc3ccccc32)o1. The molecule has 0 unspecified atom stereocenters. The highest BCUT2D eigenvalue weighted by atomic mass is 32.2. The maximum Gasteiger partial charge on any atom is 0.336 e. The molecule has 0 bridgehead atoms. The minimum atomic E-state index is -0.356. The number of rotatable bonds is 6. The summed E-state index contributed by atoms with van der Waals surface area (Å²) >= 11 is 1.56. The van der Waals surface area contributed by atoms with Gasteiger partial charge >= 0.3 is 5.63 Å². The number of hydrogen-bond acceptors (Lipinski definition) is 6. The smallest absolute Gasteiger partial charge is 0.336 e. The fraction of sp³-hybridized carbons (Fsp3) is 0.0714. The molecule has 0 fully saturated rings. The van der Waals surface area contributed by atoms with Gasteiger partial charge in [-0.3, -0.25) is 9.55 Å². The third-order valence-corrected chi connectivity index (χ3v) is 6.91. The topological polar surface area (TPSA) is 73.8 Å². The first-order chi connectivity index (χ1) is 17.3. The number of nitrogens with zero attached hydrogens (tertiary/aromatic N) is 4.